The molecule has 0 aromatic carbocycles. The molecule has 0 amide bonds. The molecular weight excluding hydrogens is 825 g/mol. The average molecular weight is 917 g/mol. The predicted octanol–water partition coefficient (Wildman–Crippen LogP) is 11.2. The average Bonchev–Trinajstić information content (AvgIpc) is 3.25. The van der Waals surface area contributed by atoms with Gasteiger partial charge in [0, 0.05) is 12.8 Å². The maximum Gasteiger partial charge on any atom is 0.306 e. The van der Waals surface area contributed by atoms with Gasteiger partial charge < -0.3 is 34.3 Å². The molecule has 1 saturated heterocycles. The standard InChI is InChI=1S/C50H92O12S/c1-3-5-7-9-11-13-15-17-19-21-22-23-25-26-28-30-32-34-36-38-45(51)59-40-43(41-60-50-49(55)48(54)47(53)44(62-50)42-63(56,57)58)61-46(52)39-37-35-33-31-29-27-24-20-18-16-14-12-10-8-6-4-2/h11,13,17,19,43-44,47-50,53-55H,3-10,12,14-16,18,20-42H2,1-2H3,(H,56,57,58)/b13-11+,19-17+/t43-,44-,47-,48?,49?,50+/m1/s1. The van der Waals surface area contributed by atoms with Crippen LogP contribution in [0, 0.1) is 0 Å². The van der Waals surface area contributed by atoms with Crippen LogP contribution in [0.15, 0.2) is 24.3 Å². The Morgan fingerprint density at radius 3 is 1.43 bits per heavy atom. The summed E-state index contributed by atoms with van der Waals surface area (Å²) in [6, 6.07) is 0. The number of ether oxygens (including phenoxy) is 4. The zero-order valence-electron chi connectivity index (χ0n) is 39.7. The molecule has 1 heterocycles. The number of carbonyl (C=O) groups excluding carboxylic acids is 2. The van der Waals surface area contributed by atoms with Crippen LogP contribution in [0.1, 0.15) is 226 Å². The van der Waals surface area contributed by atoms with Crippen LogP contribution in [0.4, 0.5) is 0 Å². The summed E-state index contributed by atoms with van der Waals surface area (Å²) in [5.74, 6) is -1.97. The third kappa shape index (κ3) is 35.1. The summed E-state index contributed by atoms with van der Waals surface area (Å²) in [6.07, 6.45) is 36.4. The molecule has 0 spiro atoms. The molecule has 13 heteroatoms. The topological polar surface area (TPSA) is 186 Å². The van der Waals surface area contributed by atoms with Gasteiger partial charge in [0.05, 0.1) is 6.61 Å². The van der Waals surface area contributed by atoms with E-state index < -0.39 is 71.2 Å². The van der Waals surface area contributed by atoms with Crippen molar-refractivity contribution in [1.29, 1.82) is 0 Å². The van der Waals surface area contributed by atoms with Gasteiger partial charge in [0.1, 0.15) is 36.8 Å². The molecule has 1 rings (SSSR count). The highest BCUT2D eigenvalue weighted by Gasteiger charge is 2.46. The van der Waals surface area contributed by atoms with E-state index in [-0.39, 0.29) is 19.4 Å². The van der Waals surface area contributed by atoms with Gasteiger partial charge in [-0.3, -0.25) is 14.1 Å². The molecule has 1 fully saturated rings. The Labute approximate surface area is 383 Å². The minimum Gasteiger partial charge on any atom is -0.462 e. The Kier molecular flexibility index (Phi) is 37.9. The maximum absolute atomic E-state index is 12.9. The van der Waals surface area contributed by atoms with E-state index in [1.807, 2.05) is 0 Å². The Balaban J connectivity index is 2.37. The minimum atomic E-state index is -4.60. The van der Waals surface area contributed by atoms with Gasteiger partial charge in [-0.2, -0.15) is 8.42 Å². The molecule has 0 bridgehead atoms. The lowest BCUT2D eigenvalue weighted by Crippen LogP contribution is -2.60. The summed E-state index contributed by atoms with van der Waals surface area (Å²) >= 11 is 0. The van der Waals surface area contributed by atoms with E-state index in [0.717, 1.165) is 51.4 Å². The molecule has 12 nitrogen and oxygen atoms in total. The number of rotatable bonds is 43. The van der Waals surface area contributed by atoms with Crippen LogP contribution in [0.5, 0.6) is 0 Å². The number of hydrogen-bond donors (Lipinski definition) is 4. The van der Waals surface area contributed by atoms with Gasteiger partial charge in [-0.1, -0.05) is 192 Å². The van der Waals surface area contributed by atoms with Crippen LogP contribution >= 0.6 is 0 Å². The van der Waals surface area contributed by atoms with Gasteiger partial charge in [-0.05, 0) is 44.9 Å². The van der Waals surface area contributed by atoms with Gasteiger partial charge in [0.2, 0.25) is 0 Å². The lowest BCUT2D eigenvalue weighted by atomic mass is 10.00. The van der Waals surface area contributed by atoms with Crippen LogP contribution in [0.3, 0.4) is 0 Å². The third-order valence-corrected chi connectivity index (χ3v) is 12.5. The molecule has 0 aromatic rings. The second kappa shape index (κ2) is 40.4. The molecular formula is C50H92O12S. The van der Waals surface area contributed by atoms with E-state index in [2.05, 4.69) is 38.2 Å². The maximum atomic E-state index is 12.9. The molecule has 370 valence electrons. The van der Waals surface area contributed by atoms with Gasteiger partial charge in [-0.25, -0.2) is 0 Å². The first-order valence-corrected chi connectivity index (χ1v) is 27.0. The lowest BCUT2D eigenvalue weighted by molar-refractivity contribution is -0.297. The van der Waals surface area contributed by atoms with Crippen molar-refractivity contribution in [3.05, 3.63) is 24.3 Å². The highest BCUT2D eigenvalue weighted by Crippen LogP contribution is 2.24. The van der Waals surface area contributed by atoms with Crippen molar-refractivity contribution in [3.8, 4) is 0 Å². The number of hydrogen-bond acceptors (Lipinski definition) is 11. The fraction of sp³-hybridized carbons (Fsp3) is 0.880. The van der Waals surface area contributed by atoms with Crippen molar-refractivity contribution < 1.29 is 56.8 Å². The second-order valence-electron chi connectivity index (χ2n) is 17.8. The Bertz CT molecular complexity index is 1260. The molecule has 63 heavy (non-hydrogen) atoms. The molecule has 4 N–H and O–H groups in total. The largest absolute Gasteiger partial charge is 0.462 e. The molecule has 0 aliphatic carbocycles. The van der Waals surface area contributed by atoms with Crippen molar-refractivity contribution >= 4 is 22.1 Å². The smallest absolute Gasteiger partial charge is 0.306 e. The van der Waals surface area contributed by atoms with Crippen molar-refractivity contribution in [2.24, 2.45) is 0 Å². The molecule has 0 aromatic heterocycles. The van der Waals surface area contributed by atoms with Gasteiger partial charge in [0.15, 0.2) is 12.4 Å². The molecule has 2 unspecified atom stereocenters. The van der Waals surface area contributed by atoms with Crippen molar-refractivity contribution in [2.45, 2.75) is 263 Å². The first-order valence-electron chi connectivity index (χ1n) is 25.4. The van der Waals surface area contributed by atoms with Crippen molar-refractivity contribution in [1.82, 2.24) is 0 Å². The SMILES string of the molecule is CCCCC/C=C/C/C=C/CCCCCCCCCCCC(=O)OC[C@H](CO[C@H]1O[C@H](CS(=O)(=O)O)[C@@H](O)C(O)C1O)OC(=O)CCCCCCCCCCCCCCCCCC. The summed E-state index contributed by atoms with van der Waals surface area (Å²) in [4.78, 5) is 25.5. The number of unbranched alkanes of at least 4 members (excludes halogenated alkanes) is 27. The van der Waals surface area contributed by atoms with Gasteiger partial charge in [0.25, 0.3) is 10.1 Å². The number of allylic oxidation sites excluding steroid dienone is 4. The molecule has 1 aliphatic rings. The van der Waals surface area contributed by atoms with Crippen LogP contribution in [0.2, 0.25) is 0 Å². The summed E-state index contributed by atoms with van der Waals surface area (Å²) in [5.41, 5.74) is 0. The van der Waals surface area contributed by atoms with Gasteiger partial charge in [-0.15, -0.1) is 0 Å². The summed E-state index contributed by atoms with van der Waals surface area (Å²) in [7, 11) is -4.60. The second-order valence-corrected chi connectivity index (χ2v) is 19.3. The van der Waals surface area contributed by atoms with Crippen molar-refractivity contribution in [2.75, 3.05) is 19.0 Å². The van der Waals surface area contributed by atoms with E-state index in [1.54, 1.807) is 0 Å². The first kappa shape index (κ1) is 59.1. The Morgan fingerprint density at radius 1 is 0.540 bits per heavy atom. The number of carbonyl (C=O) groups is 2. The van der Waals surface area contributed by atoms with Crippen LogP contribution in [-0.2, 0) is 38.7 Å². The molecule has 6 atom stereocenters. The predicted molar refractivity (Wildman–Crippen MR) is 252 cm³/mol. The summed E-state index contributed by atoms with van der Waals surface area (Å²) < 4.78 is 54.2. The minimum absolute atomic E-state index is 0.168. The fourth-order valence-electron chi connectivity index (χ4n) is 7.83. The molecule has 1 aliphatic heterocycles. The van der Waals surface area contributed by atoms with Crippen LogP contribution in [0.25, 0.3) is 0 Å². The first-order chi connectivity index (χ1) is 30.5. The van der Waals surface area contributed by atoms with E-state index >= 15 is 0 Å². The molecule has 0 radical (unpaired) electrons. The highest BCUT2D eigenvalue weighted by molar-refractivity contribution is 7.85. The van der Waals surface area contributed by atoms with E-state index in [0.29, 0.717) is 12.8 Å². The van der Waals surface area contributed by atoms with Crippen molar-refractivity contribution in [3.63, 3.8) is 0 Å². The normalized spacial score (nSPS) is 19.9. The zero-order chi connectivity index (χ0) is 46.2. The Morgan fingerprint density at radius 2 is 0.952 bits per heavy atom. The van der Waals surface area contributed by atoms with Gasteiger partial charge >= 0.3 is 11.9 Å². The highest BCUT2D eigenvalue weighted by atomic mass is 32.2. The third-order valence-electron chi connectivity index (χ3n) is 11.8. The number of esters is 2. The van der Waals surface area contributed by atoms with E-state index in [4.69, 9.17) is 18.9 Å². The number of aliphatic hydroxyl groups excluding tert-OH is 3. The monoisotopic (exact) mass is 917 g/mol. The van der Waals surface area contributed by atoms with Crippen LogP contribution in [-0.4, -0.2) is 96.0 Å². The summed E-state index contributed by atoms with van der Waals surface area (Å²) in [5, 5.41) is 31.0. The molecule has 0 saturated carbocycles. The van der Waals surface area contributed by atoms with E-state index in [1.165, 1.54) is 135 Å². The number of aliphatic hydroxyl groups is 3. The lowest BCUT2D eigenvalue weighted by Gasteiger charge is -2.40. The zero-order valence-corrected chi connectivity index (χ0v) is 40.5. The van der Waals surface area contributed by atoms with E-state index in [9.17, 15) is 37.9 Å². The van der Waals surface area contributed by atoms with Crippen LogP contribution < -0.4 is 0 Å². The Hall–Kier alpha value is -1.87. The fourth-order valence-corrected chi connectivity index (χ4v) is 8.52. The quantitative estimate of drug-likeness (QED) is 0.0197. The summed E-state index contributed by atoms with van der Waals surface area (Å²) in [6.45, 7) is 3.76.